The summed E-state index contributed by atoms with van der Waals surface area (Å²) in [5.74, 6) is 0.808. The number of likely N-dealkylation sites (tertiary alicyclic amines) is 1. The number of anilines is 1. The fourth-order valence-electron chi connectivity index (χ4n) is 3.34. The number of aromatic nitrogens is 2. The Balaban J connectivity index is 1.70. The van der Waals surface area contributed by atoms with E-state index in [4.69, 9.17) is 4.74 Å². The third-order valence-corrected chi connectivity index (χ3v) is 5.12. The minimum atomic E-state index is -3.33. The molecule has 1 aliphatic rings. The molecule has 9 heteroatoms. The number of nitrogens with zero attached hydrogens (tertiary/aromatic N) is 3. The van der Waals surface area contributed by atoms with E-state index in [9.17, 15) is 13.5 Å². The summed E-state index contributed by atoms with van der Waals surface area (Å²) in [6.07, 6.45) is 5.05. The summed E-state index contributed by atoms with van der Waals surface area (Å²) < 4.78 is 32.1. The molecule has 3 rings (SSSR count). The summed E-state index contributed by atoms with van der Waals surface area (Å²) in [6, 6.07) is 7.98. The van der Waals surface area contributed by atoms with Gasteiger partial charge in [-0.05, 0) is 24.1 Å². The van der Waals surface area contributed by atoms with Crippen LogP contribution in [0.2, 0.25) is 0 Å². The van der Waals surface area contributed by atoms with Crippen LogP contribution in [0.3, 0.4) is 0 Å². The number of methoxy groups -OCH3 is 1. The van der Waals surface area contributed by atoms with Crippen LogP contribution in [0.15, 0.2) is 36.7 Å². The second kappa shape index (κ2) is 7.65. The molecule has 1 aromatic carbocycles. The number of sulfonamides is 1. The van der Waals surface area contributed by atoms with Crippen molar-refractivity contribution in [2.24, 2.45) is 0 Å². The summed E-state index contributed by atoms with van der Waals surface area (Å²) in [5, 5.41) is 14.0. The Kier molecular flexibility index (Phi) is 5.49. The van der Waals surface area contributed by atoms with Crippen LogP contribution in [-0.2, 0) is 16.6 Å². The van der Waals surface area contributed by atoms with Crippen molar-refractivity contribution in [3.8, 4) is 5.75 Å². The lowest BCUT2D eigenvalue weighted by Crippen LogP contribution is -2.31. The Hall–Kier alpha value is -2.10. The monoisotopic (exact) mass is 380 g/mol. The molecule has 26 heavy (non-hydrogen) atoms. The predicted octanol–water partition coefficient (Wildman–Crippen LogP) is 1.07. The molecule has 142 valence electrons. The third kappa shape index (κ3) is 4.54. The Labute approximate surface area is 153 Å². The number of hydrogen-bond donors (Lipinski definition) is 2. The number of nitrogens with one attached hydrogen (secondary N) is 1. The summed E-state index contributed by atoms with van der Waals surface area (Å²) >= 11 is 0. The van der Waals surface area contributed by atoms with Crippen LogP contribution in [0.1, 0.15) is 18.0 Å². The minimum absolute atomic E-state index is 0.0294. The zero-order valence-electron chi connectivity index (χ0n) is 14.9. The van der Waals surface area contributed by atoms with E-state index in [1.807, 2.05) is 24.3 Å². The van der Waals surface area contributed by atoms with Crippen molar-refractivity contribution in [3.05, 3.63) is 42.2 Å². The van der Waals surface area contributed by atoms with Crippen LogP contribution in [-0.4, -0.2) is 60.8 Å². The highest BCUT2D eigenvalue weighted by atomic mass is 32.2. The highest BCUT2D eigenvalue weighted by molar-refractivity contribution is 7.92. The van der Waals surface area contributed by atoms with E-state index < -0.39 is 10.0 Å². The molecule has 2 N–H and O–H groups in total. The van der Waals surface area contributed by atoms with Crippen LogP contribution < -0.4 is 9.46 Å². The van der Waals surface area contributed by atoms with Crippen LogP contribution in [0.25, 0.3) is 0 Å². The first-order valence-corrected chi connectivity index (χ1v) is 10.3. The van der Waals surface area contributed by atoms with E-state index in [2.05, 4.69) is 14.7 Å². The average Bonchev–Trinajstić information content (AvgIpc) is 3.20. The van der Waals surface area contributed by atoms with Gasteiger partial charge in [-0.3, -0.25) is 14.3 Å². The van der Waals surface area contributed by atoms with E-state index in [0.717, 1.165) is 30.5 Å². The topological polar surface area (TPSA) is 96.7 Å². The van der Waals surface area contributed by atoms with Crippen LogP contribution >= 0.6 is 0 Å². The standard InChI is InChI=1S/C17H24N4O4S/c1-25-17-5-3-4-13(6-17)9-20-11-15(7-16(20)12-22)21-10-14(8-18-21)19-26(2,23)24/h3-6,8,10,15-16,19,22H,7,9,11-12H2,1-2H3/t15-,16-/m0/s1. The number of rotatable bonds is 7. The van der Waals surface area contributed by atoms with Gasteiger partial charge in [0, 0.05) is 25.3 Å². The fraction of sp³-hybridized carbons (Fsp3) is 0.471. The van der Waals surface area contributed by atoms with Crippen molar-refractivity contribution < 1.29 is 18.3 Å². The smallest absolute Gasteiger partial charge is 0.229 e. The van der Waals surface area contributed by atoms with Crippen LogP contribution in [0.5, 0.6) is 5.75 Å². The number of aliphatic hydroxyl groups is 1. The Bertz CT molecular complexity index is 852. The molecule has 0 radical (unpaired) electrons. The molecule has 0 bridgehead atoms. The maximum Gasteiger partial charge on any atom is 0.229 e. The van der Waals surface area contributed by atoms with Gasteiger partial charge in [0.15, 0.2) is 0 Å². The van der Waals surface area contributed by atoms with Crippen molar-refractivity contribution in [1.82, 2.24) is 14.7 Å². The Morgan fingerprint density at radius 3 is 2.92 bits per heavy atom. The SMILES string of the molecule is COc1cccc(CN2C[C@@H](n3cc(NS(C)(=O)=O)cn3)C[C@H]2CO)c1. The predicted molar refractivity (Wildman–Crippen MR) is 98.6 cm³/mol. The molecular formula is C17H24N4O4S. The van der Waals surface area contributed by atoms with Gasteiger partial charge in [-0.1, -0.05) is 12.1 Å². The zero-order valence-corrected chi connectivity index (χ0v) is 15.7. The molecule has 2 heterocycles. The van der Waals surface area contributed by atoms with E-state index in [1.165, 1.54) is 6.20 Å². The number of ether oxygens (including phenoxy) is 1. The van der Waals surface area contributed by atoms with E-state index in [1.54, 1.807) is 18.0 Å². The summed E-state index contributed by atoms with van der Waals surface area (Å²) in [5.41, 5.74) is 1.56. The van der Waals surface area contributed by atoms with E-state index in [-0.39, 0.29) is 18.7 Å². The van der Waals surface area contributed by atoms with Gasteiger partial charge in [-0.25, -0.2) is 8.42 Å². The molecular weight excluding hydrogens is 356 g/mol. The summed E-state index contributed by atoms with van der Waals surface area (Å²) in [6.45, 7) is 1.49. The molecule has 1 aliphatic heterocycles. The molecule has 2 aromatic rings. The van der Waals surface area contributed by atoms with Crippen LogP contribution in [0.4, 0.5) is 5.69 Å². The van der Waals surface area contributed by atoms with Gasteiger partial charge < -0.3 is 9.84 Å². The van der Waals surface area contributed by atoms with Crippen molar-refractivity contribution in [2.75, 3.05) is 31.2 Å². The number of hydrogen-bond acceptors (Lipinski definition) is 6. The first-order chi connectivity index (χ1) is 12.4. The Morgan fingerprint density at radius 2 is 2.23 bits per heavy atom. The molecule has 1 aromatic heterocycles. The van der Waals surface area contributed by atoms with Crippen molar-refractivity contribution in [1.29, 1.82) is 0 Å². The number of benzene rings is 1. The van der Waals surface area contributed by atoms with E-state index >= 15 is 0 Å². The van der Waals surface area contributed by atoms with Gasteiger partial charge in [0.1, 0.15) is 5.75 Å². The van der Waals surface area contributed by atoms with Crippen molar-refractivity contribution in [2.45, 2.75) is 25.0 Å². The molecule has 2 atom stereocenters. The lowest BCUT2D eigenvalue weighted by atomic mass is 10.1. The molecule has 0 saturated carbocycles. The first-order valence-electron chi connectivity index (χ1n) is 8.37. The van der Waals surface area contributed by atoms with Crippen molar-refractivity contribution in [3.63, 3.8) is 0 Å². The maximum absolute atomic E-state index is 11.3. The molecule has 8 nitrogen and oxygen atoms in total. The molecule has 1 fully saturated rings. The lowest BCUT2D eigenvalue weighted by molar-refractivity contribution is 0.153. The minimum Gasteiger partial charge on any atom is -0.497 e. The summed E-state index contributed by atoms with van der Waals surface area (Å²) in [7, 11) is -1.69. The van der Waals surface area contributed by atoms with E-state index in [0.29, 0.717) is 12.2 Å². The molecule has 0 aliphatic carbocycles. The highest BCUT2D eigenvalue weighted by Crippen LogP contribution is 2.29. The molecule has 0 spiro atoms. The van der Waals surface area contributed by atoms with Gasteiger partial charge in [-0.2, -0.15) is 5.10 Å². The molecule has 0 amide bonds. The highest BCUT2D eigenvalue weighted by Gasteiger charge is 2.33. The fourth-order valence-corrected chi connectivity index (χ4v) is 3.88. The normalized spacial score (nSPS) is 21.0. The first kappa shape index (κ1) is 18.7. The van der Waals surface area contributed by atoms with Crippen molar-refractivity contribution >= 4 is 15.7 Å². The second-order valence-electron chi connectivity index (χ2n) is 6.59. The zero-order chi connectivity index (χ0) is 18.7. The quantitative estimate of drug-likeness (QED) is 0.746. The second-order valence-corrected chi connectivity index (χ2v) is 8.34. The average molecular weight is 380 g/mol. The maximum atomic E-state index is 11.3. The molecule has 0 unspecified atom stereocenters. The lowest BCUT2D eigenvalue weighted by Gasteiger charge is -2.22. The van der Waals surface area contributed by atoms with Gasteiger partial charge >= 0.3 is 0 Å². The largest absolute Gasteiger partial charge is 0.497 e. The van der Waals surface area contributed by atoms with Crippen LogP contribution in [0, 0.1) is 0 Å². The van der Waals surface area contributed by atoms with Gasteiger partial charge in [-0.15, -0.1) is 0 Å². The summed E-state index contributed by atoms with van der Waals surface area (Å²) in [4.78, 5) is 2.21. The van der Waals surface area contributed by atoms with Gasteiger partial charge in [0.25, 0.3) is 0 Å². The van der Waals surface area contributed by atoms with Gasteiger partial charge in [0.05, 0.1) is 37.9 Å². The molecule has 1 saturated heterocycles. The Morgan fingerprint density at radius 1 is 1.42 bits per heavy atom. The number of aliphatic hydroxyl groups excluding tert-OH is 1. The third-order valence-electron chi connectivity index (χ3n) is 4.52. The van der Waals surface area contributed by atoms with Gasteiger partial charge in [0.2, 0.25) is 10.0 Å².